The maximum atomic E-state index is 12.5. The van der Waals surface area contributed by atoms with E-state index in [1.807, 2.05) is 42.5 Å². The van der Waals surface area contributed by atoms with Crippen LogP contribution in [0.2, 0.25) is 0 Å². The Morgan fingerprint density at radius 1 is 0.725 bits per heavy atom. The third-order valence-electron chi connectivity index (χ3n) is 6.56. The summed E-state index contributed by atoms with van der Waals surface area (Å²) in [5.74, 6) is -2.53. The van der Waals surface area contributed by atoms with Gasteiger partial charge in [0.2, 0.25) is 5.91 Å². The fourth-order valence-electron chi connectivity index (χ4n) is 4.42. The molecule has 1 atom stereocenters. The van der Waals surface area contributed by atoms with Gasteiger partial charge >= 0.3 is 18.3 Å². The summed E-state index contributed by atoms with van der Waals surface area (Å²) in [5, 5.41) is 19.2. The van der Waals surface area contributed by atoms with Crippen molar-refractivity contribution in [2.75, 3.05) is 11.9 Å². The molecule has 0 heterocycles. The molecule has 0 bridgehead atoms. The van der Waals surface area contributed by atoms with E-state index in [0.29, 0.717) is 29.0 Å². The Bertz CT molecular complexity index is 1600. The van der Waals surface area contributed by atoms with Crippen LogP contribution in [0, 0.1) is 0 Å². The summed E-state index contributed by atoms with van der Waals surface area (Å²) in [7, 11) is 1.59. The molecule has 0 aliphatic heterocycles. The van der Waals surface area contributed by atoms with E-state index in [1.54, 1.807) is 43.4 Å². The molecule has 0 spiro atoms. The number of rotatable bonds is 9. The van der Waals surface area contributed by atoms with Gasteiger partial charge in [0.15, 0.2) is 5.69 Å². The van der Waals surface area contributed by atoms with Crippen molar-refractivity contribution >= 4 is 59.2 Å². The molecule has 2 amide bonds. The molecule has 0 fully saturated rings. The highest BCUT2D eigenvalue weighted by atomic mass is 16.4. The SMILES string of the molecule is CC(=O)N(c1ccc(C(=O)O)cc1)c1ccc([N+](C)(C=O)c2ccc(/C=C/c3ccccc3)cc2C(=O)O)cc1. The number of carbonyl (C=O) groups is 4. The number of hydrogen-bond acceptors (Lipinski definition) is 4. The Morgan fingerprint density at radius 2 is 1.30 bits per heavy atom. The molecule has 0 aromatic heterocycles. The number of carboxylic acid groups (broad SMARTS) is 2. The third-order valence-corrected chi connectivity index (χ3v) is 6.56. The fraction of sp³-hybridized carbons (Fsp3) is 0.0625. The lowest BCUT2D eigenvalue weighted by molar-refractivity contribution is -0.116. The van der Waals surface area contributed by atoms with Crippen LogP contribution in [0.25, 0.3) is 12.2 Å². The lowest BCUT2D eigenvalue weighted by atomic mass is 10.0. The van der Waals surface area contributed by atoms with Crippen LogP contribution < -0.4 is 9.38 Å². The van der Waals surface area contributed by atoms with Crippen molar-refractivity contribution in [3.8, 4) is 0 Å². The van der Waals surface area contributed by atoms with Crippen LogP contribution in [0.1, 0.15) is 38.8 Å². The molecule has 4 aromatic rings. The fourth-order valence-corrected chi connectivity index (χ4v) is 4.42. The molecule has 1 unspecified atom stereocenters. The van der Waals surface area contributed by atoms with Crippen LogP contribution in [0.5, 0.6) is 0 Å². The molecule has 4 rings (SSSR count). The zero-order valence-corrected chi connectivity index (χ0v) is 21.9. The van der Waals surface area contributed by atoms with Crippen molar-refractivity contribution in [2.45, 2.75) is 6.92 Å². The van der Waals surface area contributed by atoms with E-state index in [0.717, 1.165) is 5.56 Å². The molecular formula is C32H27N2O6+. The van der Waals surface area contributed by atoms with E-state index in [1.165, 1.54) is 42.2 Å². The van der Waals surface area contributed by atoms with Crippen molar-refractivity contribution in [1.82, 2.24) is 4.48 Å². The highest BCUT2D eigenvalue weighted by Crippen LogP contribution is 2.37. The van der Waals surface area contributed by atoms with Gasteiger partial charge in [0.05, 0.1) is 12.6 Å². The molecule has 8 heteroatoms. The molecule has 0 saturated carbocycles. The number of carboxylic acids is 2. The van der Waals surface area contributed by atoms with Crippen molar-refractivity contribution in [2.24, 2.45) is 0 Å². The van der Waals surface area contributed by atoms with Crippen molar-refractivity contribution in [3.05, 3.63) is 119 Å². The number of benzene rings is 4. The van der Waals surface area contributed by atoms with Gasteiger partial charge in [-0.1, -0.05) is 42.5 Å². The molecule has 4 aromatic carbocycles. The van der Waals surface area contributed by atoms with Gasteiger partial charge in [-0.25, -0.2) is 18.9 Å². The van der Waals surface area contributed by atoms with Gasteiger partial charge < -0.3 is 10.2 Å². The van der Waals surface area contributed by atoms with E-state index in [4.69, 9.17) is 5.11 Å². The molecule has 0 aliphatic rings. The van der Waals surface area contributed by atoms with Crippen LogP contribution >= 0.6 is 0 Å². The van der Waals surface area contributed by atoms with E-state index in [9.17, 15) is 24.3 Å². The van der Waals surface area contributed by atoms with Gasteiger partial charge in [0, 0.05) is 36.5 Å². The number of carbonyl (C=O) groups excluding carboxylic acids is 2. The minimum Gasteiger partial charge on any atom is -0.478 e. The number of amides is 2. The predicted molar refractivity (Wildman–Crippen MR) is 155 cm³/mol. The second-order valence-corrected chi connectivity index (χ2v) is 9.23. The lowest BCUT2D eigenvalue weighted by Gasteiger charge is -2.28. The Labute approximate surface area is 231 Å². The summed E-state index contributed by atoms with van der Waals surface area (Å²) < 4.78 is -0.446. The molecule has 2 N–H and O–H groups in total. The van der Waals surface area contributed by atoms with Gasteiger partial charge in [-0.15, -0.1) is 0 Å². The first-order valence-corrected chi connectivity index (χ1v) is 12.3. The lowest BCUT2D eigenvalue weighted by Crippen LogP contribution is -2.39. The summed E-state index contributed by atoms with van der Waals surface area (Å²) in [5.41, 5.74) is 3.45. The van der Waals surface area contributed by atoms with Crippen molar-refractivity contribution in [3.63, 3.8) is 0 Å². The van der Waals surface area contributed by atoms with Crippen LogP contribution in [-0.4, -0.2) is 41.5 Å². The molecule has 0 aliphatic carbocycles. The Hall–Kier alpha value is -5.34. The maximum absolute atomic E-state index is 12.5. The zero-order valence-electron chi connectivity index (χ0n) is 21.9. The predicted octanol–water partition coefficient (Wildman–Crippen LogP) is 6.36. The minimum absolute atomic E-state index is 0.0160. The van der Waals surface area contributed by atoms with Gasteiger partial charge in [0.25, 0.3) is 0 Å². The van der Waals surface area contributed by atoms with Crippen LogP contribution in [-0.2, 0) is 9.59 Å². The minimum atomic E-state index is -1.17. The van der Waals surface area contributed by atoms with E-state index >= 15 is 0 Å². The van der Waals surface area contributed by atoms with Crippen LogP contribution in [0.15, 0.2) is 97.1 Å². The van der Waals surface area contributed by atoms with E-state index < -0.39 is 16.4 Å². The average molecular weight is 536 g/mol. The summed E-state index contributed by atoms with van der Waals surface area (Å²) in [6.45, 7) is 1.39. The first kappa shape index (κ1) is 27.7. The smallest absolute Gasteiger partial charge is 0.341 e. The number of quaternary nitrogens is 1. The second kappa shape index (κ2) is 11.6. The highest BCUT2D eigenvalue weighted by Gasteiger charge is 2.33. The zero-order chi connectivity index (χ0) is 28.9. The molecule has 0 saturated heterocycles. The van der Waals surface area contributed by atoms with Gasteiger partial charge in [0.1, 0.15) is 11.3 Å². The quantitative estimate of drug-likeness (QED) is 0.146. The average Bonchev–Trinajstić information content (AvgIpc) is 2.96. The summed E-state index contributed by atoms with van der Waals surface area (Å²) in [4.78, 5) is 49.8. The van der Waals surface area contributed by atoms with E-state index in [2.05, 4.69) is 0 Å². The van der Waals surface area contributed by atoms with Gasteiger partial charge in [-0.2, -0.15) is 0 Å². The summed E-state index contributed by atoms with van der Waals surface area (Å²) in [6.07, 6.45) is 4.34. The molecule has 200 valence electrons. The third kappa shape index (κ3) is 5.72. The largest absolute Gasteiger partial charge is 0.478 e. The topological polar surface area (TPSA) is 112 Å². The number of aromatic carboxylic acids is 2. The summed E-state index contributed by atoms with van der Waals surface area (Å²) >= 11 is 0. The number of nitrogens with zero attached hydrogens (tertiary/aromatic N) is 2. The summed E-state index contributed by atoms with van der Waals surface area (Å²) in [6, 6.07) is 27.0. The highest BCUT2D eigenvalue weighted by molar-refractivity contribution is 6.01. The Morgan fingerprint density at radius 3 is 1.82 bits per heavy atom. The number of hydrogen-bond donors (Lipinski definition) is 2. The Kier molecular flexibility index (Phi) is 8.02. The standard InChI is InChI=1S/C32H26N2O6/c1-22(36)33(26-13-11-25(12-14-26)31(37)38)27-15-17-28(18-16-27)34(2,21-35)30-19-10-24(20-29(30)32(39)40)9-8-23-6-4-3-5-7-23/h3-21H,1-2H3,(H-,37,38,39,40)/p+1/b9-8+. The first-order valence-electron chi connectivity index (χ1n) is 12.3. The Balaban J connectivity index is 1.69. The van der Waals surface area contributed by atoms with Crippen LogP contribution in [0.3, 0.4) is 0 Å². The van der Waals surface area contributed by atoms with Crippen molar-refractivity contribution in [1.29, 1.82) is 0 Å². The molecule has 0 radical (unpaired) electrons. The molecule has 8 nitrogen and oxygen atoms in total. The normalized spacial score (nSPS) is 12.4. The van der Waals surface area contributed by atoms with Crippen LogP contribution in [0.4, 0.5) is 22.7 Å². The monoisotopic (exact) mass is 535 g/mol. The van der Waals surface area contributed by atoms with Gasteiger partial charge in [-0.3, -0.25) is 9.69 Å². The number of anilines is 2. The maximum Gasteiger partial charge on any atom is 0.341 e. The molecule has 40 heavy (non-hydrogen) atoms. The molecular weight excluding hydrogens is 508 g/mol. The first-order chi connectivity index (χ1) is 19.1. The van der Waals surface area contributed by atoms with E-state index in [-0.39, 0.29) is 22.7 Å². The van der Waals surface area contributed by atoms with Crippen molar-refractivity contribution < 1.29 is 29.4 Å². The van der Waals surface area contributed by atoms with Gasteiger partial charge in [-0.05, 0) is 59.7 Å². The second-order valence-electron chi connectivity index (χ2n) is 9.23.